The molecule has 1 amide bonds. The summed E-state index contributed by atoms with van der Waals surface area (Å²) < 4.78 is 11.2. The Morgan fingerprint density at radius 1 is 1.12 bits per heavy atom. The third-order valence-corrected chi connectivity index (χ3v) is 8.15. The van der Waals surface area contributed by atoms with E-state index < -0.39 is 5.60 Å². The summed E-state index contributed by atoms with van der Waals surface area (Å²) in [5.74, 6) is 0. The number of ether oxygens (including phenoxy) is 2. The molecule has 8 nitrogen and oxygen atoms in total. The first kappa shape index (κ1) is 27.3. The van der Waals surface area contributed by atoms with E-state index in [0.29, 0.717) is 13.2 Å². The van der Waals surface area contributed by atoms with Crippen LogP contribution in [0.25, 0.3) is 22.2 Å². The minimum atomic E-state index is -0.543. The zero-order valence-electron chi connectivity index (χ0n) is 24.7. The van der Waals surface area contributed by atoms with Crippen LogP contribution in [0.2, 0.25) is 0 Å². The zero-order chi connectivity index (χ0) is 28.7. The van der Waals surface area contributed by atoms with Crippen molar-refractivity contribution in [2.75, 3.05) is 25.1 Å². The predicted molar refractivity (Wildman–Crippen MR) is 161 cm³/mol. The number of amides is 1. The molecule has 4 aromatic rings. The maximum absolute atomic E-state index is 13.4. The summed E-state index contributed by atoms with van der Waals surface area (Å²) in [5, 5.41) is 1.13. The van der Waals surface area contributed by atoms with Gasteiger partial charge < -0.3 is 24.3 Å². The second kappa shape index (κ2) is 10.8. The second-order valence-electron chi connectivity index (χ2n) is 12.2. The molecule has 1 fully saturated rings. The number of fused-ring (bicyclic) bond motifs is 2. The number of likely N-dealkylation sites (tertiary alicyclic amines) is 1. The summed E-state index contributed by atoms with van der Waals surface area (Å²) in [6.45, 7) is 10.7. The Kier molecular flexibility index (Phi) is 7.20. The van der Waals surface area contributed by atoms with Gasteiger partial charge >= 0.3 is 6.09 Å². The highest BCUT2D eigenvalue weighted by Gasteiger charge is 2.36. The van der Waals surface area contributed by atoms with Crippen molar-refractivity contribution in [2.24, 2.45) is 0 Å². The van der Waals surface area contributed by atoms with Crippen molar-refractivity contribution >= 4 is 22.8 Å². The standard InChI is InChI=1S/C33H39N5O3/c1-21-17-35-31-27(21)15-24(18-36-31)23-13-22-9-12-37(26-8-10-34-25(16-26)20-40-5)19-29(22)28(14-23)30-7-6-11-38(30)32(39)41-33(2,3)4/h8,10,13-18,30H,6-7,9,11-12,19-20H2,1-5H3,(H,35,36)/t30-/m0/s1. The number of hydrogen-bond acceptors (Lipinski definition) is 6. The molecule has 0 unspecified atom stereocenters. The molecule has 5 heterocycles. The van der Waals surface area contributed by atoms with Crippen LogP contribution in [0.1, 0.15) is 67.6 Å². The van der Waals surface area contributed by atoms with Crippen molar-refractivity contribution in [2.45, 2.75) is 71.8 Å². The van der Waals surface area contributed by atoms with Gasteiger partial charge in [0.2, 0.25) is 0 Å². The first-order chi connectivity index (χ1) is 19.7. The second-order valence-corrected chi connectivity index (χ2v) is 12.2. The highest BCUT2D eigenvalue weighted by molar-refractivity contribution is 5.84. The molecule has 0 radical (unpaired) electrons. The Labute approximate surface area is 241 Å². The Balaban J connectivity index is 1.43. The van der Waals surface area contributed by atoms with E-state index in [9.17, 15) is 4.79 Å². The number of methoxy groups -OCH3 is 1. The smallest absolute Gasteiger partial charge is 0.410 e. The van der Waals surface area contributed by atoms with E-state index in [1.54, 1.807) is 7.11 Å². The average Bonchev–Trinajstić information content (AvgIpc) is 3.59. The van der Waals surface area contributed by atoms with Gasteiger partial charge in [0, 0.05) is 62.0 Å². The summed E-state index contributed by atoms with van der Waals surface area (Å²) in [6, 6.07) is 11.0. The van der Waals surface area contributed by atoms with Gasteiger partial charge in [-0.3, -0.25) is 4.98 Å². The van der Waals surface area contributed by atoms with Crippen molar-refractivity contribution in [1.82, 2.24) is 19.9 Å². The van der Waals surface area contributed by atoms with Gasteiger partial charge in [-0.1, -0.05) is 6.07 Å². The fraction of sp³-hybridized carbons (Fsp3) is 0.424. The average molecular weight is 554 g/mol. The number of hydrogen-bond donors (Lipinski definition) is 1. The van der Waals surface area contributed by atoms with Crippen LogP contribution in [0.4, 0.5) is 10.5 Å². The van der Waals surface area contributed by atoms with Crippen LogP contribution in [0.5, 0.6) is 0 Å². The quantitative estimate of drug-likeness (QED) is 0.296. The van der Waals surface area contributed by atoms with Crippen LogP contribution in [0.3, 0.4) is 0 Å². The van der Waals surface area contributed by atoms with Gasteiger partial charge in [0.25, 0.3) is 0 Å². The number of aryl methyl sites for hydroxylation is 1. The van der Waals surface area contributed by atoms with Crippen molar-refractivity contribution < 1.29 is 14.3 Å². The molecule has 1 N–H and O–H groups in total. The predicted octanol–water partition coefficient (Wildman–Crippen LogP) is 6.71. The SMILES string of the molecule is COCc1cc(N2CCc3cc(-c4cnc5[nH]cc(C)c5c4)cc([C@@H]4CCCN4C(=O)OC(C)(C)C)c3C2)ccn1. The lowest BCUT2D eigenvalue weighted by atomic mass is 9.86. The van der Waals surface area contributed by atoms with E-state index in [0.717, 1.165) is 65.9 Å². The van der Waals surface area contributed by atoms with Crippen LogP contribution < -0.4 is 4.90 Å². The maximum Gasteiger partial charge on any atom is 0.410 e. The Morgan fingerprint density at radius 2 is 1.98 bits per heavy atom. The number of pyridine rings is 2. The third kappa shape index (κ3) is 5.53. The monoisotopic (exact) mass is 553 g/mol. The van der Waals surface area contributed by atoms with E-state index in [1.165, 1.54) is 22.3 Å². The Bertz CT molecular complexity index is 1590. The molecular weight excluding hydrogens is 514 g/mol. The van der Waals surface area contributed by atoms with Gasteiger partial charge in [0.15, 0.2) is 0 Å². The van der Waals surface area contributed by atoms with Crippen LogP contribution in [0.15, 0.2) is 48.9 Å². The molecule has 8 heteroatoms. The van der Waals surface area contributed by atoms with Crippen LogP contribution >= 0.6 is 0 Å². The first-order valence-corrected chi connectivity index (χ1v) is 14.5. The molecule has 2 aliphatic heterocycles. The minimum Gasteiger partial charge on any atom is -0.444 e. The molecule has 3 aromatic heterocycles. The summed E-state index contributed by atoms with van der Waals surface area (Å²) in [6.07, 6.45) is 8.35. The molecule has 0 spiro atoms. The van der Waals surface area contributed by atoms with Crippen LogP contribution in [-0.2, 0) is 29.0 Å². The fourth-order valence-electron chi connectivity index (χ4n) is 6.19. The van der Waals surface area contributed by atoms with Crippen molar-refractivity contribution in [1.29, 1.82) is 0 Å². The number of carbonyl (C=O) groups excluding carboxylic acids is 1. The van der Waals surface area contributed by atoms with Crippen molar-refractivity contribution in [3.63, 3.8) is 0 Å². The van der Waals surface area contributed by atoms with Gasteiger partial charge in [-0.2, -0.15) is 0 Å². The van der Waals surface area contributed by atoms with E-state index >= 15 is 0 Å². The zero-order valence-corrected chi connectivity index (χ0v) is 24.7. The number of nitrogens with zero attached hydrogens (tertiary/aromatic N) is 4. The number of rotatable bonds is 5. The number of nitrogens with one attached hydrogen (secondary N) is 1. The van der Waals surface area contributed by atoms with Gasteiger partial charge in [0.1, 0.15) is 11.2 Å². The van der Waals surface area contributed by atoms with E-state index in [4.69, 9.17) is 14.5 Å². The number of benzene rings is 1. The molecule has 2 aliphatic rings. The summed E-state index contributed by atoms with van der Waals surface area (Å²) in [7, 11) is 1.69. The summed E-state index contributed by atoms with van der Waals surface area (Å²) in [5.41, 5.74) is 9.68. The molecule has 0 aliphatic carbocycles. The molecule has 6 rings (SSSR count). The highest BCUT2D eigenvalue weighted by Crippen LogP contribution is 2.41. The van der Waals surface area contributed by atoms with Gasteiger partial charge in [-0.05, 0) is 99.0 Å². The Morgan fingerprint density at radius 3 is 2.78 bits per heavy atom. The molecule has 1 aromatic carbocycles. The molecule has 0 saturated carbocycles. The lowest BCUT2D eigenvalue weighted by Gasteiger charge is -2.36. The highest BCUT2D eigenvalue weighted by atomic mass is 16.6. The number of carbonyl (C=O) groups is 1. The molecule has 214 valence electrons. The molecule has 1 saturated heterocycles. The number of aromatic amines is 1. The summed E-state index contributed by atoms with van der Waals surface area (Å²) in [4.78, 5) is 30.1. The topological polar surface area (TPSA) is 83.6 Å². The van der Waals surface area contributed by atoms with E-state index in [-0.39, 0.29) is 12.1 Å². The number of H-pyrrole nitrogens is 1. The lowest BCUT2D eigenvalue weighted by molar-refractivity contribution is 0.0224. The normalized spacial score (nSPS) is 17.2. The van der Waals surface area contributed by atoms with Gasteiger partial charge in [0.05, 0.1) is 18.3 Å². The lowest BCUT2D eigenvalue weighted by Crippen LogP contribution is -2.37. The van der Waals surface area contributed by atoms with E-state index in [1.807, 2.05) is 44.3 Å². The third-order valence-electron chi connectivity index (χ3n) is 8.15. The van der Waals surface area contributed by atoms with Crippen LogP contribution in [0, 0.1) is 6.92 Å². The largest absolute Gasteiger partial charge is 0.444 e. The first-order valence-electron chi connectivity index (χ1n) is 14.5. The van der Waals surface area contributed by atoms with Gasteiger partial charge in [-0.25, -0.2) is 9.78 Å². The van der Waals surface area contributed by atoms with E-state index in [2.05, 4.69) is 52.1 Å². The Hall–Kier alpha value is -3.91. The summed E-state index contributed by atoms with van der Waals surface area (Å²) >= 11 is 0. The number of anilines is 1. The fourth-order valence-corrected chi connectivity index (χ4v) is 6.19. The molecule has 1 atom stereocenters. The minimum absolute atomic E-state index is 0.0364. The van der Waals surface area contributed by atoms with Crippen LogP contribution in [-0.4, -0.2) is 51.7 Å². The van der Waals surface area contributed by atoms with Gasteiger partial charge in [-0.15, -0.1) is 0 Å². The number of aromatic nitrogens is 3. The molecular formula is C33H39N5O3. The van der Waals surface area contributed by atoms with Crippen molar-refractivity contribution in [3.8, 4) is 11.1 Å². The molecule has 0 bridgehead atoms. The maximum atomic E-state index is 13.4. The molecule has 41 heavy (non-hydrogen) atoms. The van der Waals surface area contributed by atoms with Crippen molar-refractivity contribution in [3.05, 3.63) is 76.9 Å².